The predicted molar refractivity (Wildman–Crippen MR) is 79.5 cm³/mol. The van der Waals surface area contributed by atoms with Gasteiger partial charge in [-0.2, -0.15) is 13.2 Å². The Kier molecular flexibility index (Phi) is 4.76. The van der Waals surface area contributed by atoms with Crippen LogP contribution in [0.3, 0.4) is 0 Å². The maximum Gasteiger partial charge on any atom is 0.419 e. The monoisotopic (exact) mass is 309 g/mol. The van der Waals surface area contributed by atoms with Gasteiger partial charge < -0.3 is 10.5 Å². The van der Waals surface area contributed by atoms with E-state index < -0.39 is 17.3 Å². The molecule has 2 aromatic rings. The van der Waals surface area contributed by atoms with Gasteiger partial charge in [-0.1, -0.05) is 42.5 Å². The van der Waals surface area contributed by atoms with Crippen molar-refractivity contribution in [2.24, 2.45) is 5.73 Å². The Labute approximate surface area is 127 Å². The molecule has 22 heavy (non-hydrogen) atoms. The lowest BCUT2D eigenvalue weighted by Gasteiger charge is -2.32. The largest absolute Gasteiger partial charge is 0.482 e. The second-order valence-corrected chi connectivity index (χ2v) is 5.23. The smallest absolute Gasteiger partial charge is 0.419 e. The normalized spacial score (nSPS) is 14.4. The molecule has 0 bridgehead atoms. The average Bonchev–Trinajstić information content (AvgIpc) is 2.48. The number of benzene rings is 2. The number of alkyl halides is 3. The Morgan fingerprint density at radius 2 is 1.55 bits per heavy atom. The fourth-order valence-corrected chi connectivity index (χ4v) is 2.35. The van der Waals surface area contributed by atoms with Crippen molar-refractivity contribution in [2.75, 3.05) is 6.54 Å². The molecule has 0 fully saturated rings. The molecule has 118 valence electrons. The number of hydrogen-bond acceptors (Lipinski definition) is 2. The number of rotatable bonds is 5. The van der Waals surface area contributed by atoms with Gasteiger partial charge in [-0.25, -0.2) is 0 Å². The summed E-state index contributed by atoms with van der Waals surface area (Å²) in [4.78, 5) is 0. The summed E-state index contributed by atoms with van der Waals surface area (Å²) in [6.07, 6.45) is -4.06. The van der Waals surface area contributed by atoms with Crippen molar-refractivity contribution >= 4 is 0 Å². The summed E-state index contributed by atoms with van der Waals surface area (Å²) in [5, 5.41) is 0. The SMILES string of the molecule is CC(CCN)(Oc1ccccc1C(F)(F)F)c1ccccc1. The molecular weight excluding hydrogens is 291 g/mol. The van der Waals surface area contributed by atoms with Crippen LogP contribution in [0.15, 0.2) is 54.6 Å². The van der Waals surface area contributed by atoms with Crippen LogP contribution in [0, 0.1) is 0 Å². The van der Waals surface area contributed by atoms with Crippen molar-refractivity contribution in [3.8, 4) is 5.75 Å². The van der Waals surface area contributed by atoms with E-state index in [9.17, 15) is 13.2 Å². The molecule has 1 atom stereocenters. The van der Waals surface area contributed by atoms with Crippen LogP contribution >= 0.6 is 0 Å². The molecule has 0 aliphatic heterocycles. The van der Waals surface area contributed by atoms with Crippen molar-refractivity contribution in [3.05, 3.63) is 65.7 Å². The van der Waals surface area contributed by atoms with Gasteiger partial charge in [0.1, 0.15) is 11.4 Å². The molecular formula is C17H18F3NO. The van der Waals surface area contributed by atoms with Crippen LogP contribution in [0.4, 0.5) is 13.2 Å². The van der Waals surface area contributed by atoms with Crippen LogP contribution < -0.4 is 10.5 Å². The summed E-state index contributed by atoms with van der Waals surface area (Å²) in [7, 11) is 0. The predicted octanol–water partition coefficient (Wildman–Crippen LogP) is 4.35. The van der Waals surface area contributed by atoms with Gasteiger partial charge in [-0.3, -0.25) is 0 Å². The zero-order valence-electron chi connectivity index (χ0n) is 12.2. The van der Waals surface area contributed by atoms with Gasteiger partial charge >= 0.3 is 6.18 Å². The quantitative estimate of drug-likeness (QED) is 0.891. The van der Waals surface area contributed by atoms with Gasteiger partial charge in [-0.15, -0.1) is 0 Å². The first kappa shape index (κ1) is 16.4. The molecule has 1 unspecified atom stereocenters. The molecule has 2 nitrogen and oxygen atoms in total. The lowest BCUT2D eigenvalue weighted by atomic mass is 9.92. The van der Waals surface area contributed by atoms with Gasteiger partial charge in [-0.05, 0) is 31.2 Å². The second-order valence-electron chi connectivity index (χ2n) is 5.23. The van der Waals surface area contributed by atoms with Crippen molar-refractivity contribution < 1.29 is 17.9 Å². The fourth-order valence-electron chi connectivity index (χ4n) is 2.35. The lowest BCUT2D eigenvalue weighted by molar-refractivity contribution is -0.140. The lowest BCUT2D eigenvalue weighted by Crippen LogP contribution is -2.33. The molecule has 0 saturated carbocycles. The third-order valence-electron chi connectivity index (χ3n) is 3.53. The van der Waals surface area contributed by atoms with E-state index >= 15 is 0 Å². The van der Waals surface area contributed by atoms with Gasteiger partial charge in [0.05, 0.1) is 5.56 Å². The van der Waals surface area contributed by atoms with Crippen molar-refractivity contribution in [1.29, 1.82) is 0 Å². The minimum absolute atomic E-state index is 0.185. The first-order valence-corrected chi connectivity index (χ1v) is 6.98. The summed E-state index contributed by atoms with van der Waals surface area (Å²) in [6.45, 7) is 2.06. The first-order valence-electron chi connectivity index (χ1n) is 6.98. The molecule has 0 aliphatic rings. The van der Waals surface area contributed by atoms with E-state index in [1.54, 1.807) is 6.92 Å². The highest BCUT2D eigenvalue weighted by atomic mass is 19.4. The van der Waals surface area contributed by atoms with E-state index in [2.05, 4.69) is 0 Å². The summed E-state index contributed by atoms with van der Waals surface area (Å²) < 4.78 is 45.1. The molecule has 2 N–H and O–H groups in total. The van der Waals surface area contributed by atoms with Gasteiger partial charge in [0.15, 0.2) is 0 Å². The summed E-state index contributed by atoms with van der Waals surface area (Å²) >= 11 is 0. The third kappa shape index (κ3) is 3.60. The van der Waals surface area contributed by atoms with Gasteiger partial charge in [0, 0.05) is 6.42 Å². The molecule has 0 spiro atoms. The highest BCUT2D eigenvalue weighted by Gasteiger charge is 2.37. The summed E-state index contributed by atoms with van der Waals surface area (Å²) in [5.74, 6) is -0.185. The summed E-state index contributed by atoms with van der Waals surface area (Å²) in [6, 6.07) is 14.4. The third-order valence-corrected chi connectivity index (χ3v) is 3.53. The van der Waals surface area contributed by atoms with E-state index in [1.807, 2.05) is 30.3 Å². The van der Waals surface area contributed by atoms with Gasteiger partial charge in [0.25, 0.3) is 0 Å². The number of hydrogen-bond donors (Lipinski definition) is 1. The Morgan fingerprint density at radius 3 is 2.14 bits per heavy atom. The molecule has 0 aromatic heterocycles. The van der Waals surface area contributed by atoms with E-state index in [0.29, 0.717) is 13.0 Å². The van der Waals surface area contributed by atoms with E-state index in [-0.39, 0.29) is 5.75 Å². The number of ether oxygens (including phenoxy) is 1. The molecule has 0 heterocycles. The highest BCUT2D eigenvalue weighted by Crippen LogP contribution is 2.39. The Hall–Kier alpha value is -2.01. The molecule has 2 aromatic carbocycles. The minimum atomic E-state index is -4.46. The molecule has 0 amide bonds. The van der Waals surface area contributed by atoms with Crippen LogP contribution in [-0.2, 0) is 11.8 Å². The first-order chi connectivity index (χ1) is 10.4. The standard InChI is InChI=1S/C17H18F3NO/c1-16(11-12-21,13-7-3-2-4-8-13)22-15-10-6-5-9-14(15)17(18,19)20/h2-10H,11-12,21H2,1H3. The molecule has 5 heteroatoms. The van der Waals surface area contributed by atoms with Crippen molar-refractivity contribution in [3.63, 3.8) is 0 Å². The Morgan fingerprint density at radius 1 is 0.955 bits per heavy atom. The van der Waals surface area contributed by atoms with Crippen LogP contribution in [0.5, 0.6) is 5.75 Å². The second kappa shape index (κ2) is 6.40. The van der Waals surface area contributed by atoms with Crippen molar-refractivity contribution in [1.82, 2.24) is 0 Å². The van der Waals surface area contributed by atoms with Crippen LogP contribution in [0.1, 0.15) is 24.5 Å². The zero-order chi connectivity index (χ0) is 16.2. The van der Waals surface area contributed by atoms with Gasteiger partial charge in [0.2, 0.25) is 0 Å². The zero-order valence-corrected chi connectivity index (χ0v) is 12.2. The highest BCUT2D eigenvalue weighted by molar-refractivity contribution is 5.37. The maximum absolute atomic E-state index is 13.1. The fraction of sp³-hybridized carbons (Fsp3) is 0.294. The average molecular weight is 309 g/mol. The van der Waals surface area contributed by atoms with Crippen molar-refractivity contribution in [2.45, 2.75) is 25.1 Å². The van der Waals surface area contributed by atoms with E-state index in [0.717, 1.165) is 11.6 Å². The summed E-state index contributed by atoms with van der Waals surface area (Å²) in [5.41, 5.74) is 4.71. The van der Waals surface area contributed by atoms with Crippen LogP contribution in [0.25, 0.3) is 0 Å². The molecule has 0 saturated heterocycles. The van der Waals surface area contributed by atoms with E-state index in [1.165, 1.54) is 18.2 Å². The molecule has 0 radical (unpaired) electrons. The minimum Gasteiger partial charge on any atom is -0.482 e. The Balaban J connectivity index is 2.42. The molecule has 0 aliphatic carbocycles. The number of nitrogens with two attached hydrogens (primary N) is 1. The van der Waals surface area contributed by atoms with Crippen LogP contribution in [0.2, 0.25) is 0 Å². The number of para-hydroxylation sites is 1. The number of halogens is 3. The topological polar surface area (TPSA) is 35.2 Å². The molecule has 2 rings (SSSR count). The Bertz CT molecular complexity index is 613. The van der Waals surface area contributed by atoms with E-state index in [4.69, 9.17) is 10.5 Å². The maximum atomic E-state index is 13.1. The van der Waals surface area contributed by atoms with Crippen LogP contribution in [-0.4, -0.2) is 6.54 Å².